The van der Waals surface area contributed by atoms with Crippen molar-refractivity contribution in [2.45, 2.75) is 12.5 Å². The molecule has 0 saturated carbocycles. The molecule has 1 unspecified atom stereocenters. The largest absolute Gasteiger partial charge is 0.465 e. The van der Waals surface area contributed by atoms with E-state index < -0.39 is 6.09 Å². The van der Waals surface area contributed by atoms with Crippen molar-refractivity contribution in [1.29, 1.82) is 0 Å². The number of pyridine rings is 1. The molecular formula is C18H18ClN5O2. The first kappa shape index (κ1) is 16.7. The summed E-state index contributed by atoms with van der Waals surface area (Å²) in [6.45, 7) is 1.32. The number of fused-ring (bicyclic) bond motifs is 1. The number of anilines is 1. The van der Waals surface area contributed by atoms with Gasteiger partial charge in [-0.15, -0.1) is 0 Å². The highest BCUT2D eigenvalue weighted by Crippen LogP contribution is 2.32. The number of nitrogens with zero attached hydrogens (tertiary/aromatic N) is 4. The van der Waals surface area contributed by atoms with Crippen LogP contribution in [0.25, 0.3) is 22.4 Å². The highest BCUT2D eigenvalue weighted by molar-refractivity contribution is 6.33. The molecule has 26 heavy (non-hydrogen) atoms. The van der Waals surface area contributed by atoms with E-state index in [2.05, 4.69) is 15.2 Å². The lowest BCUT2D eigenvalue weighted by molar-refractivity contribution is 0.191. The van der Waals surface area contributed by atoms with Gasteiger partial charge in [-0.05, 0) is 24.6 Å². The first-order valence-corrected chi connectivity index (χ1v) is 8.72. The van der Waals surface area contributed by atoms with Gasteiger partial charge in [0.25, 0.3) is 0 Å². The quantitative estimate of drug-likeness (QED) is 0.739. The average Bonchev–Trinajstić information content (AvgIpc) is 3.20. The number of hydrogen-bond donors (Lipinski definition) is 2. The summed E-state index contributed by atoms with van der Waals surface area (Å²) in [4.78, 5) is 22.0. The molecule has 0 radical (unpaired) electrons. The van der Waals surface area contributed by atoms with Gasteiger partial charge in [-0.25, -0.2) is 14.8 Å². The molecule has 4 rings (SSSR count). The third-order valence-corrected chi connectivity index (χ3v) is 5.01. The zero-order valence-electron chi connectivity index (χ0n) is 14.2. The number of hydrogen-bond acceptors (Lipinski definition) is 4. The number of benzene rings is 1. The van der Waals surface area contributed by atoms with Gasteiger partial charge in [0.05, 0.1) is 22.1 Å². The van der Waals surface area contributed by atoms with E-state index in [-0.39, 0.29) is 6.04 Å². The SMILES string of the molecule is Cn1c(-c2cc(N3CCC(NC(=O)O)C3)ncc2Cl)nc2ccccc21. The van der Waals surface area contributed by atoms with E-state index in [0.717, 1.165) is 41.2 Å². The van der Waals surface area contributed by atoms with E-state index in [1.807, 2.05) is 41.9 Å². The molecule has 0 spiro atoms. The van der Waals surface area contributed by atoms with Gasteiger partial charge in [0.15, 0.2) is 0 Å². The molecule has 0 bridgehead atoms. The van der Waals surface area contributed by atoms with Gasteiger partial charge < -0.3 is 19.9 Å². The Morgan fingerprint density at radius 1 is 1.38 bits per heavy atom. The second kappa shape index (κ2) is 6.49. The molecule has 1 aliphatic rings. The van der Waals surface area contributed by atoms with E-state index in [4.69, 9.17) is 21.7 Å². The van der Waals surface area contributed by atoms with Gasteiger partial charge >= 0.3 is 6.09 Å². The molecule has 3 heterocycles. The molecule has 2 aromatic heterocycles. The standard InChI is InChI=1S/C18H18ClN5O2/c1-23-15-5-3-2-4-14(15)22-17(23)12-8-16(20-9-13(12)19)24-7-6-11(10-24)21-18(25)26/h2-5,8-9,11,21H,6-7,10H2,1H3,(H,25,26). The maximum atomic E-state index is 10.8. The Hall–Kier alpha value is -2.80. The second-order valence-electron chi connectivity index (χ2n) is 6.39. The average molecular weight is 372 g/mol. The van der Waals surface area contributed by atoms with Crippen LogP contribution in [0.15, 0.2) is 36.5 Å². The maximum Gasteiger partial charge on any atom is 0.404 e. The summed E-state index contributed by atoms with van der Waals surface area (Å²) in [5.41, 5.74) is 2.75. The topological polar surface area (TPSA) is 83.3 Å². The number of halogens is 1. The van der Waals surface area contributed by atoms with Crippen molar-refractivity contribution in [3.05, 3.63) is 41.6 Å². The van der Waals surface area contributed by atoms with E-state index in [9.17, 15) is 4.79 Å². The van der Waals surface area contributed by atoms with Crippen LogP contribution in [0.5, 0.6) is 0 Å². The number of aryl methyl sites for hydroxylation is 1. The summed E-state index contributed by atoms with van der Waals surface area (Å²) in [6.07, 6.45) is 1.38. The number of rotatable bonds is 3. The van der Waals surface area contributed by atoms with Crippen LogP contribution < -0.4 is 10.2 Å². The summed E-state index contributed by atoms with van der Waals surface area (Å²) < 4.78 is 2.01. The van der Waals surface area contributed by atoms with Gasteiger partial charge in [-0.3, -0.25) is 0 Å². The smallest absolute Gasteiger partial charge is 0.404 e. The van der Waals surface area contributed by atoms with Gasteiger partial charge in [-0.2, -0.15) is 0 Å². The molecule has 1 saturated heterocycles. The first-order valence-electron chi connectivity index (χ1n) is 8.34. The lowest BCUT2D eigenvalue weighted by atomic mass is 10.2. The van der Waals surface area contributed by atoms with Crippen LogP contribution in [-0.4, -0.2) is 44.9 Å². The molecule has 1 aromatic carbocycles. The Morgan fingerprint density at radius 2 is 2.19 bits per heavy atom. The summed E-state index contributed by atoms with van der Waals surface area (Å²) >= 11 is 6.41. The van der Waals surface area contributed by atoms with Crippen molar-refractivity contribution in [2.75, 3.05) is 18.0 Å². The lowest BCUT2D eigenvalue weighted by Crippen LogP contribution is -2.36. The van der Waals surface area contributed by atoms with Crippen LogP contribution in [-0.2, 0) is 7.05 Å². The Bertz CT molecular complexity index is 987. The fourth-order valence-corrected chi connectivity index (χ4v) is 3.61. The Morgan fingerprint density at radius 3 is 2.96 bits per heavy atom. The number of amides is 1. The molecule has 134 valence electrons. The van der Waals surface area contributed by atoms with E-state index in [0.29, 0.717) is 11.6 Å². The fourth-order valence-electron chi connectivity index (χ4n) is 3.42. The van der Waals surface area contributed by atoms with Gasteiger partial charge in [-0.1, -0.05) is 23.7 Å². The summed E-state index contributed by atoms with van der Waals surface area (Å²) in [5, 5.41) is 12.0. The number of carbonyl (C=O) groups is 1. The molecular weight excluding hydrogens is 354 g/mol. The predicted molar refractivity (Wildman–Crippen MR) is 101 cm³/mol. The predicted octanol–water partition coefficient (Wildman–Crippen LogP) is 3.14. The van der Waals surface area contributed by atoms with Crippen molar-refractivity contribution in [1.82, 2.24) is 19.9 Å². The van der Waals surface area contributed by atoms with Crippen molar-refractivity contribution >= 4 is 34.5 Å². The number of imidazole rings is 1. The molecule has 1 amide bonds. The zero-order valence-corrected chi connectivity index (χ0v) is 14.9. The maximum absolute atomic E-state index is 10.8. The molecule has 0 aliphatic carbocycles. The highest BCUT2D eigenvalue weighted by atomic mass is 35.5. The van der Waals surface area contributed by atoms with Gasteiger partial charge in [0, 0.05) is 31.9 Å². The van der Waals surface area contributed by atoms with Gasteiger partial charge in [0.2, 0.25) is 0 Å². The number of aromatic nitrogens is 3. The van der Waals surface area contributed by atoms with Crippen molar-refractivity contribution < 1.29 is 9.90 Å². The molecule has 2 N–H and O–H groups in total. The Balaban J connectivity index is 1.69. The van der Waals surface area contributed by atoms with Crippen LogP contribution in [0.1, 0.15) is 6.42 Å². The van der Waals surface area contributed by atoms with E-state index >= 15 is 0 Å². The Kier molecular flexibility index (Phi) is 4.16. The zero-order chi connectivity index (χ0) is 18.3. The monoisotopic (exact) mass is 371 g/mol. The van der Waals surface area contributed by atoms with Crippen LogP contribution in [0.3, 0.4) is 0 Å². The van der Waals surface area contributed by atoms with Crippen molar-refractivity contribution in [2.24, 2.45) is 7.05 Å². The lowest BCUT2D eigenvalue weighted by Gasteiger charge is -2.18. The Labute approximate surface area is 155 Å². The summed E-state index contributed by atoms with van der Waals surface area (Å²) in [7, 11) is 1.96. The minimum Gasteiger partial charge on any atom is -0.465 e. The van der Waals surface area contributed by atoms with E-state index in [1.165, 1.54) is 0 Å². The van der Waals surface area contributed by atoms with Crippen LogP contribution in [0, 0.1) is 0 Å². The molecule has 1 fully saturated rings. The number of carboxylic acid groups (broad SMARTS) is 1. The van der Waals surface area contributed by atoms with Crippen LogP contribution >= 0.6 is 11.6 Å². The van der Waals surface area contributed by atoms with Crippen LogP contribution in [0.4, 0.5) is 10.6 Å². The molecule has 1 aliphatic heterocycles. The van der Waals surface area contributed by atoms with Gasteiger partial charge in [0.1, 0.15) is 11.6 Å². The minimum atomic E-state index is -0.999. The van der Waals surface area contributed by atoms with Crippen LogP contribution in [0.2, 0.25) is 5.02 Å². The first-order chi connectivity index (χ1) is 12.5. The summed E-state index contributed by atoms with van der Waals surface area (Å²) in [5.74, 6) is 1.55. The molecule has 3 aromatic rings. The molecule has 1 atom stereocenters. The number of nitrogens with one attached hydrogen (secondary N) is 1. The van der Waals surface area contributed by atoms with E-state index in [1.54, 1.807) is 6.20 Å². The second-order valence-corrected chi connectivity index (χ2v) is 6.79. The minimum absolute atomic E-state index is 0.0934. The molecule has 8 heteroatoms. The third kappa shape index (κ3) is 2.94. The number of para-hydroxylation sites is 2. The summed E-state index contributed by atoms with van der Waals surface area (Å²) in [6, 6.07) is 9.75. The van der Waals surface area contributed by atoms with Crippen molar-refractivity contribution in [3.8, 4) is 11.4 Å². The normalized spacial score (nSPS) is 17.0. The molecule has 7 nitrogen and oxygen atoms in total. The third-order valence-electron chi connectivity index (χ3n) is 4.71. The fraction of sp³-hybridized carbons (Fsp3) is 0.278. The highest BCUT2D eigenvalue weighted by Gasteiger charge is 2.25. The van der Waals surface area contributed by atoms with Crippen molar-refractivity contribution in [3.63, 3.8) is 0 Å².